The molecular weight excluding hydrogens is 117 g/mol. The molecule has 0 spiro atoms. The van der Waals surface area contributed by atoms with Gasteiger partial charge in [-0.05, 0) is 18.8 Å². The molecule has 9 heavy (non-hydrogen) atoms. The van der Waals surface area contributed by atoms with Gasteiger partial charge in [-0.15, -0.1) is 0 Å². The second-order valence-corrected chi connectivity index (χ2v) is 3.12. The van der Waals surface area contributed by atoms with Gasteiger partial charge in [-0.1, -0.05) is 12.2 Å². The van der Waals surface area contributed by atoms with E-state index in [-0.39, 0.29) is 5.54 Å². The summed E-state index contributed by atoms with van der Waals surface area (Å²) in [4.78, 5) is 0. The van der Waals surface area contributed by atoms with Crippen molar-refractivity contribution in [1.29, 1.82) is 0 Å². The van der Waals surface area contributed by atoms with E-state index in [0.29, 0.717) is 12.3 Å². The number of alkyl halides is 1. The van der Waals surface area contributed by atoms with E-state index in [1.165, 1.54) is 0 Å². The molecule has 2 heteroatoms. The average Bonchev–Trinajstić information content (AvgIpc) is 2.41. The molecule has 50 valence electrons. The van der Waals surface area contributed by atoms with Crippen LogP contribution in [0.1, 0.15) is 12.8 Å². The van der Waals surface area contributed by atoms with Gasteiger partial charge in [0.05, 0.1) is 0 Å². The first-order valence-electron chi connectivity index (χ1n) is 3.33. The van der Waals surface area contributed by atoms with Gasteiger partial charge in [-0.25, -0.2) is 4.39 Å². The van der Waals surface area contributed by atoms with Gasteiger partial charge in [-0.2, -0.15) is 0 Å². The molecule has 0 aromatic rings. The Bertz CT molecular complexity index is 166. The predicted octanol–water partition coefficient (Wildman–Crippen LogP) is 1.00. The topological polar surface area (TPSA) is 26.0 Å². The Balaban J connectivity index is 2.18. The average molecular weight is 127 g/mol. The molecule has 2 N–H and O–H groups in total. The molecule has 3 unspecified atom stereocenters. The van der Waals surface area contributed by atoms with Gasteiger partial charge in [0.25, 0.3) is 0 Å². The second-order valence-electron chi connectivity index (χ2n) is 3.12. The summed E-state index contributed by atoms with van der Waals surface area (Å²) in [6, 6.07) is 0. The van der Waals surface area contributed by atoms with Crippen LogP contribution in [0.2, 0.25) is 0 Å². The summed E-state index contributed by atoms with van der Waals surface area (Å²) in [5.74, 6) is 0.442. The quantitative estimate of drug-likeness (QED) is 0.483. The Morgan fingerprint density at radius 1 is 1.67 bits per heavy atom. The maximum absolute atomic E-state index is 12.5. The van der Waals surface area contributed by atoms with Gasteiger partial charge in [0.1, 0.15) is 6.17 Å². The number of hydrogen-bond acceptors (Lipinski definition) is 1. The van der Waals surface area contributed by atoms with Crippen molar-refractivity contribution in [3.63, 3.8) is 0 Å². The van der Waals surface area contributed by atoms with E-state index in [1.807, 2.05) is 6.08 Å². The lowest BCUT2D eigenvalue weighted by molar-refractivity contribution is 0.344. The third-order valence-corrected chi connectivity index (χ3v) is 2.32. The highest BCUT2D eigenvalue weighted by atomic mass is 19.1. The molecule has 0 aromatic carbocycles. The minimum atomic E-state index is -0.728. The molecule has 1 saturated carbocycles. The van der Waals surface area contributed by atoms with Gasteiger partial charge in [0.2, 0.25) is 0 Å². The molecule has 3 atom stereocenters. The summed E-state index contributed by atoms with van der Waals surface area (Å²) < 4.78 is 12.5. The van der Waals surface area contributed by atoms with E-state index in [9.17, 15) is 4.39 Å². The largest absolute Gasteiger partial charge is 0.322 e. The van der Waals surface area contributed by atoms with Crippen molar-refractivity contribution in [2.45, 2.75) is 24.6 Å². The zero-order valence-corrected chi connectivity index (χ0v) is 5.18. The molecule has 0 amide bonds. The lowest BCUT2D eigenvalue weighted by Gasteiger charge is -2.12. The summed E-state index contributed by atoms with van der Waals surface area (Å²) >= 11 is 0. The smallest absolute Gasteiger partial charge is 0.119 e. The van der Waals surface area contributed by atoms with Crippen molar-refractivity contribution in [1.82, 2.24) is 0 Å². The van der Waals surface area contributed by atoms with Crippen molar-refractivity contribution in [3.8, 4) is 0 Å². The van der Waals surface area contributed by atoms with Gasteiger partial charge >= 0.3 is 0 Å². The van der Waals surface area contributed by atoms with Crippen LogP contribution >= 0.6 is 0 Å². The lowest BCUT2D eigenvalue weighted by atomic mass is 10.0. The highest BCUT2D eigenvalue weighted by molar-refractivity contribution is 5.25. The molecule has 0 saturated heterocycles. The van der Waals surface area contributed by atoms with Crippen LogP contribution in [-0.4, -0.2) is 11.7 Å². The third kappa shape index (κ3) is 0.697. The Morgan fingerprint density at radius 2 is 2.44 bits per heavy atom. The second kappa shape index (κ2) is 1.37. The van der Waals surface area contributed by atoms with Crippen LogP contribution in [0.15, 0.2) is 12.2 Å². The summed E-state index contributed by atoms with van der Waals surface area (Å²) in [5.41, 5.74) is 5.67. The molecule has 1 fully saturated rings. The van der Waals surface area contributed by atoms with Crippen molar-refractivity contribution < 1.29 is 4.39 Å². The first-order chi connectivity index (χ1) is 4.21. The number of hydrogen-bond donors (Lipinski definition) is 1. The minimum absolute atomic E-state index is 0.0947. The van der Waals surface area contributed by atoms with Crippen LogP contribution in [0.25, 0.3) is 0 Å². The molecule has 2 aliphatic rings. The van der Waals surface area contributed by atoms with Crippen molar-refractivity contribution in [2.24, 2.45) is 11.7 Å². The number of nitrogens with two attached hydrogens (primary N) is 1. The van der Waals surface area contributed by atoms with Gasteiger partial charge in [0.15, 0.2) is 0 Å². The first kappa shape index (κ1) is 5.42. The van der Waals surface area contributed by atoms with Gasteiger partial charge in [0, 0.05) is 5.54 Å². The maximum atomic E-state index is 12.5. The Labute approximate surface area is 53.7 Å². The molecule has 0 aromatic heterocycles. The van der Waals surface area contributed by atoms with E-state index < -0.39 is 6.17 Å². The van der Waals surface area contributed by atoms with Crippen LogP contribution in [0.5, 0.6) is 0 Å². The SMILES string of the molecule is NC12C=CC(F)CC1C2. The van der Waals surface area contributed by atoms with E-state index in [1.54, 1.807) is 6.08 Å². The molecule has 0 radical (unpaired) electrons. The molecule has 0 bridgehead atoms. The van der Waals surface area contributed by atoms with Crippen molar-refractivity contribution in [2.75, 3.05) is 0 Å². The first-order valence-corrected chi connectivity index (χ1v) is 3.33. The van der Waals surface area contributed by atoms with Crippen molar-refractivity contribution >= 4 is 0 Å². The fraction of sp³-hybridized carbons (Fsp3) is 0.714. The van der Waals surface area contributed by atoms with Crippen molar-refractivity contribution in [3.05, 3.63) is 12.2 Å². The Morgan fingerprint density at radius 3 is 3.00 bits per heavy atom. The maximum Gasteiger partial charge on any atom is 0.119 e. The number of halogens is 1. The van der Waals surface area contributed by atoms with E-state index in [4.69, 9.17) is 5.73 Å². The number of allylic oxidation sites excluding steroid dienone is 1. The molecule has 1 nitrogen and oxygen atoms in total. The Kier molecular flexibility index (Phi) is 0.826. The number of fused-ring (bicyclic) bond motifs is 1. The van der Waals surface area contributed by atoms with E-state index >= 15 is 0 Å². The predicted molar refractivity (Wildman–Crippen MR) is 33.7 cm³/mol. The molecule has 2 rings (SSSR count). The molecular formula is C7H10FN. The van der Waals surface area contributed by atoms with Crippen LogP contribution in [0.3, 0.4) is 0 Å². The molecule has 0 heterocycles. The normalized spacial score (nSPS) is 54.9. The number of rotatable bonds is 0. The lowest BCUT2D eigenvalue weighted by Crippen LogP contribution is -2.26. The summed E-state index contributed by atoms with van der Waals surface area (Å²) in [6.07, 6.45) is 4.32. The Hall–Kier alpha value is -0.370. The minimum Gasteiger partial charge on any atom is -0.322 e. The highest BCUT2D eigenvalue weighted by Crippen LogP contribution is 2.48. The van der Waals surface area contributed by atoms with Gasteiger partial charge < -0.3 is 5.73 Å². The fourth-order valence-electron chi connectivity index (χ4n) is 1.51. The standard InChI is InChI=1S/C7H10FN/c8-6-1-2-7(9)4-5(7)3-6/h1-2,5-6H,3-4,9H2. The summed E-state index contributed by atoms with van der Waals surface area (Å²) in [7, 11) is 0. The zero-order chi connectivity index (χ0) is 6.48. The molecule has 0 aliphatic heterocycles. The summed E-state index contributed by atoms with van der Waals surface area (Å²) in [6.45, 7) is 0. The summed E-state index contributed by atoms with van der Waals surface area (Å²) in [5, 5.41) is 0. The van der Waals surface area contributed by atoms with Crippen LogP contribution < -0.4 is 5.73 Å². The van der Waals surface area contributed by atoms with Crippen LogP contribution in [-0.2, 0) is 0 Å². The van der Waals surface area contributed by atoms with Crippen LogP contribution in [0, 0.1) is 5.92 Å². The highest BCUT2D eigenvalue weighted by Gasteiger charge is 2.51. The van der Waals surface area contributed by atoms with Crippen LogP contribution in [0.4, 0.5) is 4.39 Å². The fourth-order valence-corrected chi connectivity index (χ4v) is 1.51. The van der Waals surface area contributed by atoms with E-state index in [2.05, 4.69) is 0 Å². The third-order valence-electron chi connectivity index (χ3n) is 2.32. The molecule has 2 aliphatic carbocycles. The zero-order valence-electron chi connectivity index (χ0n) is 5.18. The van der Waals surface area contributed by atoms with Gasteiger partial charge in [-0.3, -0.25) is 0 Å². The van der Waals surface area contributed by atoms with E-state index in [0.717, 1.165) is 6.42 Å². The monoisotopic (exact) mass is 127 g/mol.